The molecule has 3 nitrogen and oxygen atoms in total. The van der Waals surface area contributed by atoms with Gasteiger partial charge in [0, 0.05) is 0 Å². The fourth-order valence-electron chi connectivity index (χ4n) is 0.782. The predicted molar refractivity (Wildman–Crippen MR) is 49.7 cm³/mol. The van der Waals surface area contributed by atoms with Crippen LogP contribution in [0.2, 0.25) is 0 Å². The predicted octanol–water partition coefficient (Wildman–Crippen LogP) is 1.93. The molecule has 2 N–H and O–H groups in total. The number of benzene rings is 1. The Labute approximate surface area is 78.9 Å². The number of nitriles is 1. The molecule has 1 aromatic carbocycles. The summed E-state index contributed by atoms with van der Waals surface area (Å²) in [6, 6.07) is 7.20. The average molecular weight is 227 g/mol. The zero-order valence-corrected chi connectivity index (χ0v) is 7.84. The molecule has 4 heteroatoms. The van der Waals surface area contributed by atoms with Crippen LogP contribution in [0, 0.1) is 11.3 Å². The molecule has 0 saturated heterocycles. The molecule has 12 heavy (non-hydrogen) atoms. The Balaban J connectivity index is 2.90. The monoisotopic (exact) mass is 226 g/mol. The van der Waals surface area contributed by atoms with E-state index in [9.17, 15) is 0 Å². The number of para-hydroxylation sites is 1. The lowest BCUT2D eigenvalue weighted by molar-refractivity contribution is 0.368. The van der Waals surface area contributed by atoms with Crippen molar-refractivity contribution in [2.75, 3.05) is 12.3 Å². The van der Waals surface area contributed by atoms with Crippen LogP contribution in [-0.4, -0.2) is 6.61 Å². The van der Waals surface area contributed by atoms with E-state index >= 15 is 0 Å². The van der Waals surface area contributed by atoms with Crippen LogP contribution in [0.1, 0.15) is 0 Å². The molecule has 0 amide bonds. The first-order chi connectivity index (χ1) is 5.75. The molecular formula is C8H7BrN2O. The molecule has 0 spiro atoms. The summed E-state index contributed by atoms with van der Waals surface area (Å²) in [5, 5.41) is 8.28. The van der Waals surface area contributed by atoms with Crippen molar-refractivity contribution in [3.63, 3.8) is 0 Å². The number of hydrogen-bond acceptors (Lipinski definition) is 3. The minimum atomic E-state index is 0.00676. The highest BCUT2D eigenvalue weighted by molar-refractivity contribution is 9.10. The molecular weight excluding hydrogens is 220 g/mol. The molecule has 0 aliphatic carbocycles. The number of nitrogens with zero attached hydrogens (tertiary/aromatic N) is 1. The number of rotatable bonds is 2. The molecule has 62 valence electrons. The van der Waals surface area contributed by atoms with Crippen molar-refractivity contribution in [1.29, 1.82) is 5.26 Å². The van der Waals surface area contributed by atoms with Crippen LogP contribution in [0.25, 0.3) is 0 Å². The minimum Gasteiger partial charge on any atom is -0.475 e. The quantitative estimate of drug-likeness (QED) is 0.785. The summed E-state index contributed by atoms with van der Waals surface area (Å²) in [4.78, 5) is 0. The topological polar surface area (TPSA) is 59.0 Å². The Kier molecular flexibility index (Phi) is 2.94. The first-order valence-corrected chi connectivity index (χ1v) is 4.08. The van der Waals surface area contributed by atoms with Crippen molar-refractivity contribution in [1.82, 2.24) is 0 Å². The molecule has 0 radical (unpaired) electrons. The zero-order chi connectivity index (χ0) is 8.97. The molecule has 0 aliphatic rings. The van der Waals surface area contributed by atoms with Crippen LogP contribution in [0.5, 0.6) is 5.75 Å². The number of nitrogen functional groups attached to an aromatic ring is 1. The van der Waals surface area contributed by atoms with E-state index in [0.717, 1.165) is 4.47 Å². The number of nitrogens with two attached hydrogens (primary N) is 1. The molecule has 0 fully saturated rings. The third kappa shape index (κ3) is 1.89. The van der Waals surface area contributed by atoms with Gasteiger partial charge in [0.2, 0.25) is 0 Å². The Hall–Kier alpha value is -1.21. The van der Waals surface area contributed by atoms with E-state index in [1.165, 1.54) is 0 Å². The van der Waals surface area contributed by atoms with Crippen molar-refractivity contribution >= 4 is 21.6 Å². The normalized spacial score (nSPS) is 9.00. The van der Waals surface area contributed by atoms with Gasteiger partial charge in [0.25, 0.3) is 0 Å². The number of anilines is 1. The maximum Gasteiger partial charge on any atom is 0.174 e. The smallest absolute Gasteiger partial charge is 0.174 e. The van der Waals surface area contributed by atoms with E-state index in [1.807, 2.05) is 12.1 Å². The molecule has 1 rings (SSSR count). The summed E-state index contributed by atoms with van der Waals surface area (Å²) in [6.07, 6.45) is 0. The standard InChI is InChI=1S/C8H7BrN2O/c9-6-2-1-3-7(11)8(6)12-5-4-10/h1-3H,5,11H2. The summed E-state index contributed by atoms with van der Waals surface area (Å²) in [5.41, 5.74) is 6.13. The lowest BCUT2D eigenvalue weighted by Gasteiger charge is -2.06. The molecule has 0 unspecified atom stereocenters. The average Bonchev–Trinajstić information content (AvgIpc) is 2.04. The van der Waals surface area contributed by atoms with Crippen LogP contribution < -0.4 is 10.5 Å². The molecule has 0 saturated carbocycles. The molecule has 0 heterocycles. The SMILES string of the molecule is N#CCOc1c(N)cccc1Br. The second-order valence-electron chi connectivity index (χ2n) is 2.10. The second kappa shape index (κ2) is 3.98. The van der Waals surface area contributed by atoms with E-state index < -0.39 is 0 Å². The first kappa shape index (κ1) is 8.88. The van der Waals surface area contributed by atoms with Crippen molar-refractivity contribution in [2.24, 2.45) is 0 Å². The Bertz CT molecular complexity index is 299. The highest BCUT2D eigenvalue weighted by Crippen LogP contribution is 2.30. The van der Waals surface area contributed by atoms with Crippen LogP contribution in [-0.2, 0) is 0 Å². The van der Waals surface area contributed by atoms with Gasteiger partial charge in [-0.15, -0.1) is 0 Å². The van der Waals surface area contributed by atoms with Gasteiger partial charge in [-0.05, 0) is 28.1 Å². The van der Waals surface area contributed by atoms with Crippen molar-refractivity contribution < 1.29 is 4.74 Å². The van der Waals surface area contributed by atoms with Gasteiger partial charge >= 0.3 is 0 Å². The summed E-state index contributed by atoms with van der Waals surface area (Å²) in [5.74, 6) is 0.527. The van der Waals surface area contributed by atoms with Crippen LogP contribution in [0.4, 0.5) is 5.69 Å². The zero-order valence-electron chi connectivity index (χ0n) is 6.25. The molecule has 1 aromatic rings. The summed E-state index contributed by atoms with van der Waals surface area (Å²) >= 11 is 3.26. The Morgan fingerprint density at radius 1 is 1.58 bits per heavy atom. The first-order valence-electron chi connectivity index (χ1n) is 3.29. The maximum absolute atomic E-state index is 8.28. The lowest BCUT2D eigenvalue weighted by Crippen LogP contribution is -1.98. The molecule has 0 bridgehead atoms. The van der Waals surface area contributed by atoms with Gasteiger partial charge < -0.3 is 10.5 Å². The van der Waals surface area contributed by atoms with E-state index in [-0.39, 0.29) is 6.61 Å². The van der Waals surface area contributed by atoms with E-state index in [2.05, 4.69) is 15.9 Å². The van der Waals surface area contributed by atoms with Gasteiger partial charge in [-0.3, -0.25) is 0 Å². The van der Waals surface area contributed by atoms with Gasteiger partial charge in [-0.2, -0.15) is 5.26 Å². The van der Waals surface area contributed by atoms with Gasteiger partial charge in [0.05, 0.1) is 10.2 Å². The highest BCUT2D eigenvalue weighted by Gasteiger charge is 2.03. The Morgan fingerprint density at radius 2 is 2.33 bits per heavy atom. The minimum absolute atomic E-state index is 0.00676. The third-order valence-electron chi connectivity index (χ3n) is 1.28. The molecule has 0 aliphatic heterocycles. The van der Waals surface area contributed by atoms with E-state index in [0.29, 0.717) is 11.4 Å². The fourth-order valence-corrected chi connectivity index (χ4v) is 1.28. The Morgan fingerprint density at radius 3 is 2.92 bits per heavy atom. The number of halogens is 1. The van der Waals surface area contributed by atoms with Gasteiger partial charge in [0.15, 0.2) is 12.4 Å². The second-order valence-corrected chi connectivity index (χ2v) is 2.96. The van der Waals surface area contributed by atoms with Crippen molar-refractivity contribution in [3.05, 3.63) is 22.7 Å². The van der Waals surface area contributed by atoms with Crippen molar-refractivity contribution in [3.8, 4) is 11.8 Å². The molecule has 0 aromatic heterocycles. The van der Waals surface area contributed by atoms with Gasteiger partial charge in [0.1, 0.15) is 6.07 Å². The number of hydrogen-bond donors (Lipinski definition) is 1. The van der Waals surface area contributed by atoms with Gasteiger partial charge in [-0.1, -0.05) is 6.07 Å². The summed E-state index contributed by atoms with van der Waals surface area (Å²) in [6.45, 7) is 0.00676. The highest BCUT2D eigenvalue weighted by atomic mass is 79.9. The van der Waals surface area contributed by atoms with Gasteiger partial charge in [-0.25, -0.2) is 0 Å². The lowest BCUT2D eigenvalue weighted by atomic mass is 10.3. The summed E-state index contributed by atoms with van der Waals surface area (Å²) in [7, 11) is 0. The van der Waals surface area contributed by atoms with Crippen LogP contribution >= 0.6 is 15.9 Å². The van der Waals surface area contributed by atoms with E-state index in [1.54, 1.807) is 12.1 Å². The summed E-state index contributed by atoms with van der Waals surface area (Å²) < 4.78 is 5.85. The molecule has 0 atom stereocenters. The van der Waals surface area contributed by atoms with Crippen LogP contribution in [0.3, 0.4) is 0 Å². The van der Waals surface area contributed by atoms with Crippen molar-refractivity contribution in [2.45, 2.75) is 0 Å². The fraction of sp³-hybridized carbons (Fsp3) is 0.125. The van der Waals surface area contributed by atoms with Crippen LogP contribution in [0.15, 0.2) is 22.7 Å². The van der Waals surface area contributed by atoms with E-state index in [4.69, 9.17) is 15.7 Å². The maximum atomic E-state index is 8.28. The largest absolute Gasteiger partial charge is 0.475 e. The third-order valence-corrected chi connectivity index (χ3v) is 1.90. The number of ether oxygens (including phenoxy) is 1.